The van der Waals surface area contributed by atoms with Gasteiger partial charge in [0, 0.05) is 6.42 Å². The molecule has 0 bridgehead atoms. The molecule has 0 aromatic carbocycles. The molecule has 0 aromatic rings. The van der Waals surface area contributed by atoms with Crippen molar-refractivity contribution in [2.75, 3.05) is 47.5 Å². The topological polar surface area (TPSA) is 105 Å². The lowest BCUT2D eigenvalue weighted by atomic mass is 10.0. The van der Waals surface area contributed by atoms with E-state index in [1.165, 1.54) is 167 Å². The first-order valence-corrected chi connectivity index (χ1v) is 22.3. The summed E-state index contributed by atoms with van der Waals surface area (Å²) in [7, 11) is 1.26. The number of carbonyl (C=O) groups excluding carboxylic acids is 1. The summed E-state index contributed by atoms with van der Waals surface area (Å²) < 4.78 is 26.9. The zero-order valence-corrected chi connectivity index (χ0v) is 33.8. The number of aliphatic hydroxyl groups excluding tert-OH is 1. The normalized spacial score (nSPS) is 13.8. The third kappa shape index (κ3) is 40.1. The number of likely N-dealkylation sites (N-methyl/N-ethyl adjacent to an activating group) is 1. The lowest BCUT2D eigenvalue weighted by Gasteiger charge is -2.27. The Morgan fingerprint density at radius 3 is 1.22 bits per heavy atom. The number of carbonyl (C=O) groups is 1. The van der Waals surface area contributed by atoms with Crippen molar-refractivity contribution in [1.82, 2.24) is 0 Å². The van der Waals surface area contributed by atoms with Crippen LogP contribution in [-0.2, 0) is 23.1 Å². The summed E-state index contributed by atoms with van der Waals surface area (Å²) in [5.41, 5.74) is 0. The van der Waals surface area contributed by atoms with Gasteiger partial charge in [-0.3, -0.25) is 9.36 Å². The number of quaternary nitrogens is 1. The lowest BCUT2D eigenvalue weighted by molar-refractivity contribution is -0.870. The van der Waals surface area contributed by atoms with Gasteiger partial charge in [0.25, 0.3) is 7.82 Å². The monoisotopic (exact) mass is 720 g/mol. The summed E-state index contributed by atoms with van der Waals surface area (Å²) in [5.74, 6) is -0.381. The minimum Gasteiger partial charge on any atom is -0.756 e. The zero-order valence-electron chi connectivity index (χ0n) is 32.9. The fourth-order valence-corrected chi connectivity index (χ4v) is 6.80. The highest BCUT2D eigenvalue weighted by atomic mass is 31.2. The molecule has 0 amide bonds. The molecule has 1 N–H and O–H groups in total. The van der Waals surface area contributed by atoms with E-state index in [0.29, 0.717) is 17.4 Å². The quantitative estimate of drug-likeness (QED) is 0.0292. The zero-order chi connectivity index (χ0) is 36.3. The van der Waals surface area contributed by atoms with E-state index >= 15 is 0 Å². The number of unbranched alkanes of at least 4 members (excludes halogenated alkanes) is 28. The third-order valence-electron chi connectivity index (χ3n) is 9.36. The highest BCUT2D eigenvalue weighted by molar-refractivity contribution is 7.45. The highest BCUT2D eigenvalue weighted by Gasteiger charge is 2.16. The van der Waals surface area contributed by atoms with Crippen LogP contribution < -0.4 is 4.89 Å². The van der Waals surface area contributed by atoms with Gasteiger partial charge >= 0.3 is 5.97 Å². The van der Waals surface area contributed by atoms with Crippen LogP contribution in [0.15, 0.2) is 0 Å². The second-order valence-electron chi connectivity index (χ2n) is 15.6. The molecule has 2 unspecified atom stereocenters. The molecule has 0 saturated heterocycles. The Balaban J connectivity index is 3.32. The molecule has 0 aliphatic heterocycles. The number of esters is 1. The molecule has 0 radical (unpaired) electrons. The first-order chi connectivity index (χ1) is 23.6. The third-order valence-corrected chi connectivity index (χ3v) is 10.3. The molecule has 0 aliphatic carbocycles. The standard InChI is InChI=1S/C40H82NO7P/c1-5-6-7-8-9-10-11-12-13-14-15-16-17-18-19-20-21-22-23-24-25-26-27-28-29-30-31-32-33-34-40(43)46-37-39(42)38-48-49(44,45)47-36-35-41(2,3)4/h39,42H,5-38H2,1-4H3. The molecule has 2 atom stereocenters. The van der Waals surface area contributed by atoms with Gasteiger partial charge in [0.2, 0.25) is 0 Å². The first-order valence-electron chi connectivity index (χ1n) is 20.8. The van der Waals surface area contributed by atoms with Crippen molar-refractivity contribution in [2.45, 2.75) is 206 Å². The number of hydrogen-bond donors (Lipinski definition) is 1. The first kappa shape index (κ1) is 48.5. The maximum atomic E-state index is 11.9. The van der Waals surface area contributed by atoms with Crippen LogP contribution in [-0.4, -0.2) is 69.2 Å². The van der Waals surface area contributed by atoms with E-state index in [-0.39, 0.29) is 19.2 Å². The van der Waals surface area contributed by atoms with Gasteiger partial charge < -0.3 is 28.3 Å². The Morgan fingerprint density at radius 1 is 0.571 bits per heavy atom. The fraction of sp³-hybridized carbons (Fsp3) is 0.975. The van der Waals surface area contributed by atoms with Crippen LogP contribution >= 0.6 is 7.82 Å². The van der Waals surface area contributed by atoms with Gasteiger partial charge in [0.15, 0.2) is 0 Å². The van der Waals surface area contributed by atoms with Crippen molar-refractivity contribution in [3.8, 4) is 0 Å². The summed E-state index contributed by atoms with van der Waals surface area (Å²) in [6.45, 7) is 1.99. The van der Waals surface area contributed by atoms with Crippen molar-refractivity contribution in [3.05, 3.63) is 0 Å². The van der Waals surface area contributed by atoms with Gasteiger partial charge in [0.1, 0.15) is 25.9 Å². The minimum atomic E-state index is -4.50. The lowest BCUT2D eigenvalue weighted by Crippen LogP contribution is -2.37. The summed E-state index contributed by atoms with van der Waals surface area (Å²) in [4.78, 5) is 23.7. The maximum Gasteiger partial charge on any atom is 0.305 e. The summed E-state index contributed by atoms with van der Waals surface area (Å²) >= 11 is 0. The molecule has 0 spiro atoms. The maximum absolute atomic E-state index is 11.9. The van der Waals surface area contributed by atoms with Crippen LogP contribution in [0.1, 0.15) is 200 Å². The Morgan fingerprint density at radius 2 is 0.898 bits per heavy atom. The van der Waals surface area contributed by atoms with Crippen LogP contribution in [0.25, 0.3) is 0 Å². The Bertz CT molecular complexity index is 761. The van der Waals surface area contributed by atoms with Gasteiger partial charge in [-0.05, 0) is 6.42 Å². The van der Waals surface area contributed by atoms with Crippen LogP contribution in [0.2, 0.25) is 0 Å². The number of hydrogen-bond acceptors (Lipinski definition) is 7. The van der Waals surface area contributed by atoms with E-state index in [2.05, 4.69) is 6.92 Å². The summed E-state index contributed by atoms with van der Waals surface area (Å²) in [6.07, 6.45) is 38.5. The predicted octanol–water partition coefficient (Wildman–Crippen LogP) is 10.8. The largest absolute Gasteiger partial charge is 0.756 e. The van der Waals surface area contributed by atoms with Gasteiger partial charge in [-0.1, -0.05) is 187 Å². The Hall–Kier alpha value is -0.500. The molecule has 0 aliphatic rings. The van der Waals surface area contributed by atoms with Crippen molar-refractivity contribution in [1.29, 1.82) is 0 Å². The molecule has 294 valence electrons. The smallest absolute Gasteiger partial charge is 0.305 e. The van der Waals surface area contributed by atoms with Gasteiger partial charge in [0.05, 0.1) is 27.7 Å². The van der Waals surface area contributed by atoms with E-state index < -0.39 is 20.5 Å². The van der Waals surface area contributed by atoms with Crippen molar-refractivity contribution in [2.24, 2.45) is 0 Å². The minimum absolute atomic E-state index is 0.00492. The van der Waals surface area contributed by atoms with E-state index in [9.17, 15) is 19.4 Å². The summed E-state index contributed by atoms with van der Waals surface area (Å²) in [6, 6.07) is 0. The molecule has 8 nitrogen and oxygen atoms in total. The molecule has 49 heavy (non-hydrogen) atoms. The number of rotatable bonds is 39. The number of nitrogens with zero attached hydrogens (tertiary/aromatic N) is 1. The van der Waals surface area contributed by atoms with Crippen molar-refractivity contribution in [3.63, 3.8) is 0 Å². The SMILES string of the molecule is CCCCCCCCCCCCCCCCCCCCCCCCCCCCCCCC(=O)OCC(O)COP(=O)([O-])OCC[N+](C)(C)C. The number of phosphoric acid groups is 1. The van der Waals surface area contributed by atoms with Gasteiger partial charge in [-0.2, -0.15) is 0 Å². The average Bonchev–Trinajstić information content (AvgIpc) is 3.05. The van der Waals surface area contributed by atoms with E-state index in [1.807, 2.05) is 21.1 Å². The van der Waals surface area contributed by atoms with E-state index in [4.69, 9.17) is 13.8 Å². The molecule has 0 aromatic heterocycles. The molecular formula is C40H82NO7P. The van der Waals surface area contributed by atoms with Gasteiger partial charge in [-0.25, -0.2) is 0 Å². The number of ether oxygens (including phenoxy) is 1. The van der Waals surface area contributed by atoms with Crippen LogP contribution in [0, 0.1) is 0 Å². The van der Waals surface area contributed by atoms with E-state index in [1.54, 1.807) is 0 Å². The predicted molar refractivity (Wildman–Crippen MR) is 204 cm³/mol. The van der Waals surface area contributed by atoms with E-state index in [0.717, 1.165) is 19.3 Å². The van der Waals surface area contributed by atoms with Crippen LogP contribution in [0.4, 0.5) is 0 Å². The molecular weight excluding hydrogens is 637 g/mol. The summed E-state index contributed by atoms with van der Waals surface area (Å²) in [5, 5.41) is 9.88. The molecule has 0 heterocycles. The van der Waals surface area contributed by atoms with Crippen molar-refractivity contribution < 1.29 is 37.6 Å². The second-order valence-corrected chi connectivity index (χ2v) is 17.0. The average molecular weight is 720 g/mol. The molecule has 9 heteroatoms. The molecule has 0 fully saturated rings. The highest BCUT2D eigenvalue weighted by Crippen LogP contribution is 2.38. The fourth-order valence-electron chi connectivity index (χ4n) is 6.07. The molecule has 0 rings (SSSR count). The van der Waals surface area contributed by atoms with Crippen LogP contribution in [0.3, 0.4) is 0 Å². The second kappa shape index (κ2) is 34.6. The van der Waals surface area contributed by atoms with Crippen molar-refractivity contribution >= 4 is 13.8 Å². The number of aliphatic hydroxyl groups is 1. The Kier molecular flexibility index (Phi) is 34.2. The number of phosphoric ester groups is 1. The Labute approximate surface area is 304 Å². The van der Waals surface area contributed by atoms with Crippen LogP contribution in [0.5, 0.6) is 0 Å². The molecule has 0 saturated carbocycles. The van der Waals surface area contributed by atoms with Gasteiger partial charge in [-0.15, -0.1) is 0 Å².